The average Bonchev–Trinajstić information content (AvgIpc) is 2.65. The molecule has 2 N–H and O–H groups in total. The van der Waals surface area contributed by atoms with Gasteiger partial charge in [0.1, 0.15) is 0 Å². The summed E-state index contributed by atoms with van der Waals surface area (Å²) in [6.07, 6.45) is 24.6. The van der Waals surface area contributed by atoms with Crippen LogP contribution in [-0.4, -0.2) is 0 Å². The smallest absolute Gasteiger partial charge is 0.0319 e. The van der Waals surface area contributed by atoms with E-state index in [1.807, 2.05) is 0 Å². The third-order valence-electron chi connectivity index (χ3n) is 5.71. The number of hydrogen-bond donors (Lipinski definition) is 1. The summed E-state index contributed by atoms with van der Waals surface area (Å²) in [5.41, 5.74) is 10.0. The second kappa shape index (κ2) is 17.1. The molecule has 1 aromatic rings. The Morgan fingerprint density at radius 1 is 0.481 bits per heavy atom. The minimum Gasteiger partial charge on any atom is -0.399 e. The van der Waals surface area contributed by atoms with E-state index in [0.717, 1.165) is 5.69 Å². The van der Waals surface area contributed by atoms with Gasteiger partial charge in [-0.1, -0.05) is 110 Å². The Bertz CT molecular complexity index is 413. The Kier molecular flexibility index (Phi) is 15.3. The van der Waals surface area contributed by atoms with Gasteiger partial charge in [0, 0.05) is 5.69 Å². The number of aryl methyl sites for hydroxylation is 2. The summed E-state index contributed by atoms with van der Waals surface area (Å²) in [6, 6.07) is 6.80. The second-order valence-electron chi connectivity index (χ2n) is 8.53. The van der Waals surface area contributed by atoms with Crippen molar-refractivity contribution in [3.63, 3.8) is 0 Å². The number of nitrogen functional groups attached to an aromatic ring is 1. The molecule has 0 heterocycles. The van der Waals surface area contributed by atoms with Gasteiger partial charge in [-0.3, -0.25) is 0 Å². The summed E-state index contributed by atoms with van der Waals surface area (Å²) < 4.78 is 0. The topological polar surface area (TPSA) is 26.0 Å². The Morgan fingerprint density at radius 3 is 1.19 bits per heavy atom. The van der Waals surface area contributed by atoms with Crippen LogP contribution in [0.4, 0.5) is 5.69 Å². The van der Waals surface area contributed by atoms with Crippen molar-refractivity contribution >= 4 is 5.69 Å². The highest BCUT2D eigenvalue weighted by Gasteiger charge is 2.01. The average molecular weight is 374 g/mol. The van der Waals surface area contributed by atoms with Crippen molar-refractivity contribution in [2.24, 2.45) is 0 Å². The minimum absolute atomic E-state index is 0.960. The second-order valence-corrected chi connectivity index (χ2v) is 8.53. The molecule has 1 heteroatoms. The van der Waals surface area contributed by atoms with Crippen LogP contribution >= 0.6 is 0 Å². The van der Waals surface area contributed by atoms with Crippen LogP contribution in [0.1, 0.15) is 128 Å². The van der Waals surface area contributed by atoms with Crippen LogP contribution in [0.5, 0.6) is 0 Å². The predicted octanol–water partition coefficient (Wildman–Crippen LogP) is 8.64. The molecule has 0 aliphatic carbocycles. The van der Waals surface area contributed by atoms with Gasteiger partial charge in [0.25, 0.3) is 0 Å². The fourth-order valence-corrected chi connectivity index (χ4v) is 4.01. The van der Waals surface area contributed by atoms with Gasteiger partial charge in [-0.05, 0) is 48.9 Å². The predicted molar refractivity (Wildman–Crippen MR) is 123 cm³/mol. The van der Waals surface area contributed by atoms with Gasteiger partial charge in [-0.25, -0.2) is 0 Å². The Morgan fingerprint density at radius 2 is 0.815 bits per heavy atom. The third-order valence-corrected chi connectivity index (χ3v) is 5.71. The fraction of sp³-hybridized carbons (Fsp3) is 0.769. The van der Waals surface area contributed by atoms with E-state index < -0.39 is 0 Å². The molecule has 1 rings (SSSR count). The van der Waals surface area contributed by atoms with Crippen LogP contribution < -0.4 is 5.73 Å². The van der Waals surface area contributed by atoms with Gasteiger partial charge in [-0.15, -0.1) is 0 Å². The van der Waals surface area contributed by atoms with Crippen molar-refractivity contribution in [3.05, 3.63) is 29.3 Å². The van der Waals surface area contributed by atoms with Gasteiger partial charge < -0.3 is 5.73 Å². The van der Waals surface area contributed by atoms with Crippen molar-refractivity contribution < 1.29 is 0 Å². The lowest BCUT2D eigenvalue weighted by molar-refractivity contribution is 0.574. The molecule has 0 atom stereocenters. The fourth-order valence-electron chi connectivity index (χ4n) is 4.01. The number of anilines is 1. The highest BCUT2D eigenvalue weighted by Crippen LogP contribution is 2.18. The molecular weight excluding hydrogens is 326 g/mol. The number of hydrogen-bond acceptors (Lipinski definition) is 1. The zero-order valence-electron chi connectivity index (χ0n) is 18.5. The van der Waals surface area contributed by atoms with Gasteiger partial charge in [0.2, 0.25) is 0 Å². The molecule has 0 spiro atoms. The van der Waals surface area contributed by atoms with Gasteiger partial charge in [0.15, 0.2) is 0 Å². The molecule has 0 bridgehead atoms. The Hall–Kier alpha value is -0.980. The molecule has 0 fully saturated rings. The Labute approximate surface area is 170 Å². The molecule has 1 aromatic carbocycles. The van der Waals surface area contributed by atoms with E-state index in [2.05, 4.69) is 32.0 Å². The van der Waals surface area contributed by atoms with Crippen molar-refractivity contribution in [3.8, 4) is 0 Å². The molecule has 0 unspecified atom stereocenters. The first kappa shape index (κ1) is 24.1. The maximum atomic E-state index is 6.16. The maximum absolute atomic E-state index is 6.16. The largest absolute Gasteiger partial charge is 0.399 e. The quantitative estimate of drug-likeness (QED) is 0.202. The van der Waals surface area contributed by atoms with Crippen molar-refractivity contribution in [2.45, 2.75) is 129 Å². The first-order valence-electron chi connectivity index (χ1n) is 12.1. The summed E-state index contributed by atoms with van der Waals surface area (Å²) >= 11 is 0. The lowest BCUT2D eigenvalue weighted by Gasteiger charge is -2.08. The minimum atomic E-state index is 0.960. The van der Waals surface area contributed by atoms with E-state index in [4.69, 9.17) is 5.73 Å². The number of benzene rings is 1. The van der Waals surface area contributed by atoms with Crippen molar-refractivity contribution in [2.75, 3.05) is 5.73 Å². The van der Waals surface area contributed by atoms with Crippen molar-refractivity contribution in [1.29, 1.82) is 0 Å². The van der Waals surface area contributed by atoms with Crippen LogP contribution in [0.3, 0.4) is 0 Å². The van der Waals surface area contributed by atoms with E-state index in [-0.39, 0.29) is 0 Å². The van der Waals surface area contributed by atoms with Gasteiger partial charge in [0.05, 0.1) is 0 Å². The van der Waals surface area contributed by atoms with Crippen LogP contribution in [0.25, 0.3) is 0 Å². The van der Waals surface area contributed by atoms with E-state index in [9.17, 15) is 0 Å². The molecule has 0 aliphatic heterocycles. The van der Waals surface area contributed by atoms with Crippen LogP contribution in [0.15, 0.2) is 18.2 Å². The monoisotopic (exact) mass is 373 g/mol. The highest BCUT2D eigenvalue weighted by molar-refractivity contribution is 5.44. The van der Waals surface area contributed by atoms with E-state index >= 15 is 0 Å². The van der Waals surface area contributed by atoms with Crippen LogP contribution in [0, 0.1) is 0 Å². The zero-order valence-corrected chi connectivity index (χ0v) is 18.5. The molecule has 0 radical (unpaired) electrons. The normalized spacial score (nSPS) is 11.2. The van der Waals surface area contributed by atoms with Gasteiger partial charge in [-0.2, -0.15) is 0 Å². The molecule has 0 saturated carbocycles. The van der Waals surface area contributed by atoms with Crippen LogP contribution in [-0.2, 0) is 12.8 Å². The number of rotatable bonds is 18. The van der Waals surface area contributed by atoms with E-state index in [1.165, 1.54) is 127 Å². The van der Waals surface area contributed by atoms with E-state index in [0.29, 0.717) is 0 Å². The first-order valence-corrected chi connectivity index (χ1v) is 12.1. The molecular formula is C26H47N. The lowest BCUT2D eigenvalue weighted by Crippen LogP contribution is -1.95. The molecule has 0 saturated heterocycles. The highest BCUT2D eigenvalue weighted by atomic mass is 14.5. The molecule has 1 nitrogen and oxygen atoms in total. The Balaban J connectivity index is 2.14. The standard InChI is InChI=1S/C26H47N/c1-3-5-7-9-11-13-15-17-19-24-21-25(23-26(27)22-24)20-18-16-14-12-10-8-6-4-2/h21-23H,3-20,27H2,1-2H3. The van der Waals surface area contributed by atoms with Crippen LogP contribution in [0.2, 0.25) is 0 Å². The first-order chi connectivity index (χ1) is 13.3. The molecule has 0 aliphatic rings. The van der Waals surface area contributed by atoms with E-state index in [1.54, 1.807) is 0 Å². The third kappa shape index (κ3) is 13.8. The molecule has 156 valence electrons. The van der Waals surface area contributed by atoms with Crippen molar-refractivity contribution in [1.82, 2.24) is 0 Å². The maximum Gasteiger partial charge on any atom is 0.0319 e. The molecule has 0 aromatic heterocycles. The summed E-state index contributed by atoms with van der Waals surface area (Å²) in [4.78, 5) is 0. The lowest BCUT2D eigenvalue weighted by atomic mass is 9.99. The summed E-state index contributed by atoms with van der Waals surface area (Å²) in [5, 5.41) is 0. The zero-order chi connectivity index (χ0) is 19.6. The summed E-state index contributed by atoms with van der Waals surface area (Å²) in [5.74, 6) is 0. The summed E-state index contributed by atoms with van der Waals surface area (Å²) in [6.45, 7) is 4.57. The number of unbranched alkanes of at least 4 members (excludes halogenated alkanes) is 14. The molecule has 27 heavy (non-hydrogen) atoms. The number of nitrogens with two attached hydrogens (primary N) is 1. The SMILES string of the molecule is CCCCCCCCCCc1cc(N)cc(CCCCCCCCCC)c1. The van der Waals surface area contributed by atoms with Gasteiger partial charge >= 0.3 is 0 Å². The summed E-state index contributed by atoms with van der Waals surface area (Å²) in [7, 11) is 0. The molecule has 0 amide bonds.